The molecule has 0 radical (unpaired) electrons. The first-order chi connectivity index (χ1) is 15.1. The maximum atomic E-state index is 13.0. The zero-order valence-corrected chi connectivity index (χ0v) is 20.4. The number of hydrogen-bond acceptors (Lipinski definition) is 5. The van der Waals surface area contributed by atoms with E-state index in [1.54, 1.807) is 19.1 Å². The number of ether oxygens (including phenoxy) is 1. The van der Waals surface area contributed by atoms with Gasteiger partial charge in [0.2, 0.25) is 10.0 Å². The lowest BCUT2D eigenvalue weighted by atomic mass is 9.86. The van der Waals surface area contributed by atoms with Gasteiger partial charge in [-0.2, -0.15) is 4.31 Å². The van der Waals surface area contributed by atoms with Crippen LogP contribution >= 0.6 is 0 Å². The van der Waals surface area contributed by atoms with E-state index in [1.165, 1.54) is 10.7 Å². The van der Waals surface area contributed by atoms with E-state index in [0.29, 0.717) is 18.8 Å². The summed E-state index contributed by atoms with van der Waals surface area (Å²) in [4.78, 5) is 25.4. The van der Waals surface area contributed by atoms with Crippen molar-refractivity contribution in [2.45, 2.75) is 83.3 Å². The second kappa shape index (κ2) is 10.3. The van der Waals surface area contributed by atoms with Gasteiger partial charge < -0.3 is 10.1 Å². The number of esters is 1. The molecule has 0 aromatic heterocycles. The lowest BCUT2D eigenvalue weighted by Crippen LogP contribution is -2.47. The molecule has 1 aliphatic heterocycles. The molecule has 1 heterocycles. The predicted molar refractivity (Wildman–Crippen MR) is 123 cm³/mol. The van der Waals surface area contributed by atoms with Crippen molar-refractivity contribution >= 4 is 21.9 Å². The Bertz CT molecular complexity index is 938. The van der Waals surface area contributed by atoms with Gasteiger partial charge >= 0.3 is 5.97 Å². The van der Waals surface area contributed by atoms with Crippen LogP contribution in [0.1, 0.15) is 63.5 Å². The molecule has 1 saturated heterocycles. The van der Waals surface area contributed by atoms with E-state index in [0.717, 1.165) is 30.4 Å². The first-order valence-electron chi connectivity index (χ1n) is 11.7. The van der Waals surface area contributed by atoms with E-state index in [-0.39, 0.29) is 29.9 Å². The molecular weight excluding hydrogens is 428 g/mol. The van der Waals surface area contributed by atoms with Crippen LogP contribution in [0, 0.1) is 25.7 Å². The van der Waals surface area contributed by atoms with Crippen molar-refractivity contribution in [2.24, 2.45) is 11.8 Å². The zero-order chi connectivity index (χ0) is 23.5. The van der Waals surface area contributed by atoms with E-state index in [4.69, 9.17) is 4.74 Å². The lowest BCUT2D eigenvalue weighted by molar-refractivity contribution is -0.160. The molecule has 1 aromatic rings. The van der Waals surface area contributed by atoms with Gasteiger partial charge in [-0.05, 0) is 75.6 Å². The van der Waals surface area contributed by atoms with Crippen LogP contribution in [0.5, 0.6) is 0 Å². The van der Waals surface area contributed by atoms with Gasteiger partial charge in [0.05, 0.1) is 10.8 Å². The Morgan fingerprint density at radius 2 is 1.72 bits per heavy atom. The number of hydrogen-bond donors (Lipinski definition) is 1. The van der Waals surface area contributed by atoms with Crippen molar-refractivity contribution in [2.75, 3.05) is 13.1 Å². The van der Waals surface area contributed by atoms with Gasteiger partial charge in [0, 0.05) is 19.1 Å². The molecule has 178 valence electrons. The summed E-state index contributed by atoms with van der Waals surface area (Å²) in [6, 6.07) is 5.27. The molecule has 1 amide bonds. The summed E-state index contributed by atoms with van der Waals surface area (Å²) >= 11 is 0. The average Bonchev–Trinajstić information content (AvgIpc) is 2.77. The van der Waals surface area contributed by atoms with Crippen LogP contribution in [-0.2, 0) is 24.3 Å². The summed E-state index contributed by atoms with van der Waals surface area (Å²) in [6.45, 7) is 8.09. The highest BCUT2D eigenvalue weighted by Crippen LogP contribution is 2.27. The smallest absolute Gasteiger partial charge is 0.309 e. The van der Waals surface area contributed by atoms with Crippen LogP contribution in [-0.4, -0.2) is 49.8 Å². The van der Waals surface area contributed by atoms with Crippen LogP contribution in [0.2, 0.25) is 0 Å². The summed E-state index contributed by atoms with van der Waals surface area (Å²) < 4.78 is 32.8. The third-order valence-electron chi connectivity index (χ3n) is 7.00. The van der Waals surface area contributed by atoms with E-state index in [1.807, 2.05) is 19.9 Å². The van der Waals surface area contributed by atoms with Gasteiger partial charge in [-0.1, -0.05) is 25.8 Å². The van der Waals surface area contributed by atoms with Crippen molar-refractivity contribution in [3.63, 3.8) is 0 Å². The Hall–Kier alpha value is -1.93. The summed E-state index contributed by atoms with van der Waals surface area (Å²) in [5.74, 6) is -0.649. The molecule has 0 unspecified atom stereocenters. The summed E-state index contributed by atoms with van der Waals surface area (Å²) in [7, 11) is -3.59. The largest absolute Gasteiger partial charge is 0.452 e. The molecule has 8 heteroatoms. The molecule has 32 heavy (non-hydrogen) atoms. The highest BCUT2D eigenvalue weighted by molar-refractivity contribution is 7.89. The van der Waals surface area contributed by atoms with Gasteiger partial charge in [0.15, 0.2) is 6.10 Å². The number of aryl methyl sites for hydroxylation is 2. The van der Waals surface area contributed by atoms with Gasteiger partial charge in [-0.3, -0.25) is 9.59 Å². The highest BCUT2D eigenvalue weighted by atomic mass is 32.2. The molecule has 1 N–H and O–H groups in total. The van der Waals surface area contributed by atoms with Crippen LogP contribution < -0.4 is 5.32 Å². The second-order valence-electron chi connectivity index (χ2n) is 9.38. The van der Waals surface area contributed by atoms with Gasteiger partial charge in [0.25, 0.3) is 5.91 Å². The third kappa shape index (κ3) is 5.70. The molecule has 0 bridgehead atoms. The standard InChI is InChI=1S/C24H36N2O5S/c1-16-9-10-21(15-18(16)3)32(29,30)26-13-11-20(12-14-26)24(28)31-19(4)23(27)25-22-8-6-5-7-17(22)2/h9-10,15,17,19-20,22H,5-8,11-14H2,1-4H3,(H,25,27)/t17-,19-,22-/m0/s1. The Balaban J connectivity index is 1.51. The van der Waals surface area contributed by atoms with Crippen molar-refractivity contribution in [3.8, 4) is 0 Å². The molecule has 3 atom stereocenters. The number of amides is 1. The molecule has 2 fully saturated rings. The van der Waals surface area contributed by atoms with Gasteiger partial charge in [-0.15, -0.1) is 0 Å². The number of carbonyl (C=O) groups is 2. The fourth-order valence-electron chi connectivity index (χ4n) is 4.51. The summed E-state index contributed by atoms with van der Waals surface area (Å²) in [6.07, 6.45) is 4.27. The van der Waals surface area contributed by atoms with Crippen LogP contribution in [0.4, 0.5) is 0 Å². The highest BCUT2D eigenvalue weighted by Gasteiger charge is 2.34. The maximum Gasteiger partial charge on any atom is 0.309 e. The quantitative estimate of drug-likeness (QED) is 0.652. The predicted octanol–water partition coefficient (Wildman–Crippen LogP) is 3.33. The average molecular weight is 465 g/mol. The van der Waals surface area contributed by atoms with E-state index < -0.39 is 28.0 Å². The minimum Gasteiger partial charge on any atom is -0.452 e. The Kier molecular flexibility index (Phi) is 7.98. The fraction of sp³-hybridized carbons (Fsp3) is 0.667. The minimum absolute atomic E-state index is 0.135. The SMILES string of the molecule is Cc1ccc(S(=O)(=O)N2CCC(C(=O)O[C@@H](C)C(=O)N[C@H]3CCCC[C@@H]3C)CC2)cc1C. The van der Waals surface area contributed by atoms with Crippen LogP contribution in [0.3, 0.4) is 0 Å². The second-order valence-corrected chi connectivity index (χ2v) is 11.3. The van der Waals surface area contributed by atoms with Crippen molar-refractivity contribution in [1.82, 2.24) is 9.62 Å². The molecular formula is C24H36N2O5S. The fourth-order valence-corrected chi connectivity index (χ4v) is 6.07. The number of sulfonamides is 1. The van der Waals surface area contributed by atoms with Crippen molar-refractivity contribution < 1.29 is 22.7 Å². The Morgan fingerprint density at radius 1 is 1.06 bits per heavy atom. The van der Waals surface area contributed by atoms with E-state index >= 15 is 0 Å². The third-order valence-corrected chi connectivity index (χ3v) is 8.90. The molecule has 0 spiro atoms. The van der Waals surface area contributed by atoms with Crippen LogP contribution in [0.15, 0.2) is 23.1 Å². The number of nitrogens with one attached hydrogen (secondary N) is 1. The molecule has 1 aromatic carbocycles. The number of rotatable bonds is 6. The molecule has 7 nitrogen and oxygen atoms in total. The van der Waals surface area contributed by atoms with E-state index in [9.17, 15) is 18.0 Å². The first-order valence-corrected chi connectivity index (χ1v) is 13.1. The number of nitrogens with zero attached hydrogens (tertiary/aromatic N) is 1. The monoisotopic (exact) mass is 464 g/mol. The maximum absolute atomic E-state index is 13.0. The van der Waals surface area contributed by atoms with Crippen LogP contribution in [0.25, 0.3) is 0 Å². The van der Waals surface area contributed by atoms with Gasteiger partial charge in [-0.25, -0.2) is 8.42 Å². The molecule has 1 saturated carbocycles. The Labute approximate surface area is 191 Å². The summed E-state index contributed by atoms with van der Waals surface area (Å²) in [5, 5.41) is 3.03. The van der Waals surface area contributed by atoms with Gasteiger partial charge in [0.1, 0.15) is 0 Å². The molecule has 1 aliphatic carbocycles. The number of carbonyl (C=O) groups excluding carboxylic acids is 2. The van der Waals surface area contributed by atoms with Crippen molar-refractivity contribution in [1.29, 1.82) is 0 Å². The minimum atomic E-state index is -3.59. The topological polar surface area (TPSA) is 92.8 Å². The normalized spacial score (nSPS) is 24.0. The number of benzene rings is 1. The summed E-state index contributed by atoms with van der Waals surface area (Å²) in [5.41, 5.74) is 1.97. The molecule has 2 aliphatic rings. The number of piperidine rings is 1. The molecule has 3 rings (SSSR count). The zero-order valence-electron chi connectivity index (χ0n) is 19.6. The first kappa shape index (κ1) is 24.7. The Morgan fingerprint density at radius 3 is 2.34 bits per heavy atom. The lowest BCUT2D eigenvalue weighted by Gasteiger charge is -2.32. The van der Waals surface area contributed by atoms with Crippen molar-refractivity contribution in [3.05, 3.63) is 29.3 Å². The van der Waals surface area contributed by atoms with E-state index in [2.05, 4.69) is 12.2 Å².